The largest absolute Gasteiger partial charge is 0.390 e. The Morgan fingerprint density at radius 1 is 1.27 bits per heavy atom. The van der Waals surface area contributed by atoms with E-state index in [4.69, 9.17) is 11.6 Å². The molecule has 0 aromatic heterocycles. The summed E-state index contributed by atoms with van der Waals surface area (Å²) in [5, 5.41) is 13.1. The number of nitrogens with one attached hydrogen (secondary N) is 1. The van der Waals surface area contributed by atoms with Crippen molar-refractivity contribution < 1.29 is 14.3 Å². The van der Waals surface area contributed by atoms with Gasteiger partial charge in [0.2, 0.25) is 5.91 Å². The number of aliphatic hydroxyl groups excluding tert-OH is 1. The van der Waals surface area contributed by atoms with E-state index in [2.05, 4.69) is 5.32 Å². The van der Waals surface area contributed by atoms with Gasteiger partial charge in [0.05, 0.1) is 18.6 Å². The molecule has 0 saturated carbocycles. The Morgan fingerprint density at radius 2 is 2.05 bits per heavy atom. The molecule has 2 aromatic carbocycles. The van der Waals surface area contributed by atoms with Crippen molar-refractivity contribution in [2.45, 2.75) is 25.0 Å². The van der Waals surface area contributed by atoms with Crippen LogP contribution in [0.1, 0.15) is 22.7 Å². The lowest BCUT2D eigenvalue weighted by atomic mass is 10.1. The molecule has 0 aliphatic heterocycles. The van der Waals surface area contributed by atoms with Gasteiger partial charge in [0.25, 0.3) is 0 Å². The zero-order chi connectivity index (χ0) is 15.7. The number of hydrogen-bond donors (Lipinski definition) is 2. The fraction of sp³-hybridized carbons (Fsp3) is 0.235. The summed E-state index contributed by atoms with van der Waals surface area (Å²) in [6.45, 7) is 0. The van der Waals surface area contributed by atoms with Gasteiger partial charge in [-0.3, -0.25) is 4.79 Å². The minimum atomic E-state index is -0.669. The number of aliphatic hydroxyl groups is 1. The Bertz CT molecular complexity index is 699. The molecular weight excluding hydrogens is 305 g/mol. The highest BCUT2D eigenvalue weighted by atomic mass is 35.5. The normalized spacial score (nSPS) is 19.8. The van der Waals surface area contributed by atoms with Crippen LogP contribution in [0.25, 0.3) is 0 Å². The first-order valence-electron chi connectivity index (χ1n) is 7.04. The van der Waals surface area contributed by atoms with Crippen molar-refractivity contribution >= 4 is 17.5 Å². The van der Waals surface area contributed by atoms with E-state index in [1.807, 2.05) is 24.3 Å². The highest BCUT2D eigenvalue weighted by molar-refractivity contribution is 6.31. The summed E-state index contributed by atoms with van der Waals surface area (Å²) < 4.78 is 13.7. The first kappa shape index (κ1) is 15.0. The maximum absolute atomic E-state index is 13.7. The Labute approximate surface area is 132 Å². The summed E-state index contributed by atoms with van der Waals surface area (Å²) in [6.07, 6.45) is -0.323. The van der Waals surface area contributed by atoms with Gasteiger partial charge >= 0.3 is 0 Å². The lowest BCUT2D eigenvalue weighted by Crippen LogP contribution is -2.35. The van der Waals surface area contributed by atoms with Gasteiger partial charge in [0.15, 0.2) is 0 Å². The van der Waals surface area contributed by atoms with Gasteiger partial charge in [-0.25, -0.2) is 4.39 Å². The molecule has 3 rings (SSSR count). The van der Waals surface area contributed by atoms with Crippen molar-refractivity contribution in [3.63, 3.8) is 0 Å². The number of hydrogen-bond acceptors (Lipinski definition) is 2. The van der Waals surface area contributed by atoms with Gasteiger partial charge in [0.1, 0.15) is 5.82 Å². The maximum Gasteiger partial charge on any atom is 0.225 e. The molecule has 0 saturated heterocycles. The van der Waals surface area contributed by atoms with Crippen LogP contribution < -0.4 is 5.32 Å². The van der Waals surface area contributed by atoms with Crippen molar-refractivity contribution in [2.24, 2.45) is 0 Å². The summed E-state index contributed by atoms with van der Waals surface area (Å²) in [7, 11) is 0. The van der Waals surface area contributed by atoms with Crippen molar-refractivity contribution in [3.05, 3.63) is 70.0 Å². The molecule has 1 aliphatic carbocycles. The molecule has 0 bridgehead atoms. The molecule has 2 N–H and O–H groups in total. The van der Waals surface area contributed by atoms with E-state index in [1.54, 1.807) is 6.07 Å². The average molecular weight is 320 g/mol. The summed E-state index contributed by atoms with van der Waals surface area (Å²) >= 11 is 5.93. The fourth-order valence-corrected chi connectivity index (χ4v) is 3.06. The Balaban J connectivity index is 1.75. The number of rotatable bonds is 3. The van der Waals surface area contributed by atoms with Crippen LogP contribution in [0.4, 0.5) is 4.39 Å². The van der Waals surface area contributed by atoms with Crippen molar-refractivity contribution in [1.29, 1.82) is 0 Å². The van der Waals surface area contributed by atoms with Crippen LogP contribution in [0, 0.1) is 5.82 Å². The molecule has 0 radical (unpaired) electrons. The van der Waals surface area contributed by atoms with Gasteiger partial charge in [0, 0.05) is 17.0 Å². The van der Waals surface area contributed by atoms with E-state index in [1.165, 1.54) is 12.1 Å². The average Bonchev–Trinajstić information content (AvgIpc) is 2.79. The third-order valence-electron chi connectivity index (χ3n) is 3.92. The molecule has 114 valence electrons. The SMILES string of the molecule is O=C(Cc1c(F)cccc1Cl)NC1c2ccccc2CC1O. The number of carbonyl (C=O) groups is 1. The van der Waals surface area contributed by atoms with E-state index < -0.39 is 18.0 Å². The Morgan fingerprint density at radius 3 is 2.82 bits per heavy atom. The monoisotopic (exact) mass is 319 g/mol. The van der Waals surface area contributed by atoms with Crippen LogP contribution >= 0.6 is 11.6 Å². The van der Waals surface area contributed by atoms with Crippen LogP contribution in [-0.2, 0) is 17.6 Å². The summed E-state index contributed by atoms with van der Waals surface area (Å²) in [5.41, 5.74) is 2.09. The van der Waals surface area contributed by atoms with Crippen LogP contribution in [0.2, 0.25) is 5.02 Å². The van der Waals surface area contributed by atoms with E-state index in [0.717, 1.165) is 11.1 Å². The van der Waals surface area contributed by atoms with Crippen LogP contribution in [0.3, 0.4) is 0 Å². The molecule has 2 atom stereocenters. The second-order valence-electron chi connectivity index (χ2n) is 5.39. The van der Waals surface area contributed by atoms with E-state index >= 15 is 0 Å². The van der Waals surface area contributed by atoms with Crippen LogP contribution in [0.15, 0.2) is 42.5 Å². The second kappa shape index (κ2) is 6.07. The summed E-state index contributed by atoms with van der Waals surface area (Å²) in [6, 6.07) is 11.4. The molecule has 2 aromatic rings. The van der Waals surface area contributed by atoms with Crippen molar-refractivity contribution in [1.82, 2.24) is 5.32 Å². The lowest BCUT2D eigenvalue weighted by Gasteiger charge is -2.18. The lowest BCUT2D eigenvalue weighted by molar-refractivity contribution is -0.122. The highest BCUT2D eigenvalue weighted by Crippen LogP contribution is 2.31. The van der Waals surface area contributed by atoms with Gasteiger partial charge in [-0.2, -0.15) is 0 Å². The number of carbonyl (C=O) groups excluding carboxylic acids is 1. The molecule has 5 heteroatoms. The molecule has 1 amide bonds. The van der Waals surface area contributed by atoms with E-state index in [-0.39, 0.29) is 22.9 Å². The third kappa shape index (κ3) is 2.85. The molecule has 3 nitrogen and oxygen atoms in total. The first-order chi connectivity index (χ1) is 10.6. The van der Waals surface area contributed by atoms with Crippen LogP contribution in [-0.4, -0.2) is 17.1 Å². The summed E-state index contributed by atoms with van der Waals surface area (Å²) in [5.74, 6) is -0.872. The molecule has 2 unspecified atom stereocenters. The van der Waals surface area contributed by atoms with Gasteiger partial charge in [-0.15, -0.1) is 0 Å². The number of halogens is 2. The summed E-state index contributed by atoms with van der Waals surface area (Å²) in [4.78, 5) is 12.2. The minimum absolute atomic E-state index is 0.156. The zero-order valence-corrected chi connectivity index (χ0v) is 12.5. The standard InChI is InChI=1S/C17H15ClFNO2/c18-13-6-3-7-14(19)12(13)9-16(22)20-17-11-5-2-1-4-10(11)8-15(17)21/h1-7,15,17,21H,8-9H2,(H,20,22). The van der Waals surface area contributed by atoms with Gasteiger partial charge in [-0.1, -0.05) is 41.9 Å². The molecule has 0 spiro atoms. The smallest absolute Gasteiger partial charge is 0.225 e. The fourth-order valence-electron chi connectivity index (χ4n) is 2.83. The topological polar surface area (TPSA) is 49.3 Å². The molecule has 22 heavy (non-hydrogen) atoms. The highest BCUT2D eigenvalue weighted by Gasteiger charge is 2.31. The molecule has 0 heterocycles. The Kier molecular flexibility index (Phi) is 4.14. The molecule has 0 fully saturated rings. The van der Waals surface area contributed by atoms with Crippen molar-refractivity contribution in [3.8, 4) is 0 Å². The van der Waals surface area contributed by atoms with Crippen molar-refractivity contribution in [2.75, 3.05) is 0 Å². The predicted molar refractivity (Wildman–Crippen MR) is 82.2 cm³/mol. The minimum Gasteiger partial charge on any atom is -0.390 e. The molecule has 1 aliphatic rings. The Hall–Kier alpha value is -1.91. The number of benzene rings is 2. The van der Waals surface area contributed by atoms with Crippen LogP contribution in [0.5, 0.6) is 0 Å². The third-order valence-corrected chi connectivity index (χ3v) is 4.27. The molecular formula is C17H15ClFNO2. The van der Waals surface area contributed by atoms with Gasteiger partial charge in [-0.05, 0) is 23.3 Å². The van der Waals surface area contributed by atoms with E-state index in [9.17, 15) is 14.3 Å². The number of fused-ring (bicyclic) bond motifs is 1. The van der Waals surface area contributed by atoms with Gasteiger partial charge < -0.3 is 10.4 Å². The zero-order valence-electron chi connectivity index (χ0n) is 11.7. The predicted octanol–water partition coefficient (Wildman–Crippen LogP) is 2.80. The maximum atomic E-state index is 13.7. The second-order valence-corrected chi connectivity index (χ2v) is 5.80. The quantitative estimate of drug-likeness (QED) is 0.914. The number of amides is 1. The first-order valence-corrected chi connectivity index (χ1v) is 7.42. The van der Waals surface area contributed by atoms with E-state index in [0.29, 0.717) is 6.42 Å².